The van der Waals surface area contributed by atoms with Gasteiger partial charge in [-0.1, -0.05) is 310 Å². The molecule has 0 saturated heterocycles. The molecular formula is C59H116O5. The maximum absolute atomic E-state index is 12.8. The third-order valence-electron chi connectivity index (χ3n) is 13.6. The van der Waals surface area contributed by atoms with Gasteiger partial charge in [0.1, 0.15) is 6.61 Å². The Kier molecular flexibility index (Phi) is 55.3. The molecule has 0 aliphatic rings. The van der Waals surface area contributed by atoms with Crippen molar-refractivity contribution < 1.29 is 23.8 Å². The van der Waals surface area contributed by atoms with E-state index in [4.69, 9.17) is 14.2 Å². The summed E-state index contributed by atoms with van der Waals surface area (Å²) in [5, 5.41) is 0. The Morgan fingerprint density at radius 2 is 0.516 bits per heavy atom. The summed E-state index contributed by atoms with van der Waals surface area (Å²) < 4.78 is 17.5. The quantitative estimate of drug-likeness (QED) is 0.0449. The van der Waals surface area contributed by atoms with Crippen LogP contribution in [0.4, 0.5) is 0 Å². The molecule has 0 aliphatic heterocycles. The summed E-state index contributed by atoms with van der Waals surface area (Å²) in [6.45, 7) is 7.93. The van der Waals surface area contributed by atoms with E-state index >= 15 is 0 Å². The standard InChI is InChI=1S/C59H116O5/c1-4-7-10-13-16-19-22-25-27-29-31-33-36-39-42-45-48-51-54-62-55-57(64-59(61)53-50-47-44-41-38-34-24-21-18-15-12-9-6-3)56-63-58(60)52-49-46-43-40-37-35-32-30-28-26-23-20-17-14-11-8-5-2/h57H,4-56H2,1-3H3. The summed E-state index contributed by atoms with van der Waals surface area (Å²) in [5.74, 6) is -0.365. The molecule has 0 heterocycles. The normalized spacial score (nSPS) is 12.0. The van der Waals surface area contributed by atoms with Crippen molar-refractivity contribution in [1.82, 2.24) is 0 Å². The first-order chi connectivity index (χ1) is 31.6. The Morgan fingerprint density at radius 3 is 0.797 bits per heavy atom. The summed E-state index contributed by atoms with van der Waals surface area (Å²) >= 11 is 0. The second-order valence-electron chi connectivity index (χ2n) is 20.3. The molecule has 0 amide bonds. The first kappa shape index (κ1) is 62.9. The summed E-state index contributed by atoms with van der Waals surface area (Å²) in [6.07, 6.45) is 64.1. The average Bonchev–Trinajstić information content (AvgIpc) is 3.30. The minimum Gasteiger partial charge on any atom is -0.462 e. The average molecular weight is 906 g/mol. The van der Waals surface area contributed by atoms with Crippen LogP contribution in [-0.4, -0.2) is 37.9 Å². The number of rotatable bonds is 56. The van der Waals surface area contributed by atoms with Crippen molar-refractivity contribution >= 4 is 11.9 Å². The maximum atomic E-state index is 12.8. The highest BCUT2D eigenvalue weighted by Gasteiger charge is 2.18. The van der Waals surface area contributed by atoms with Gasteiger partial charge >= 0.3 is 11.9 Å². The largest absolute Gasteiger partial charge is 0.462 e. The van der Waals surface area contributed by atoms with Gasteiger partial charge in [0.2, 0.25) is 0 Å². The van der Waals surface area contributed by atoms with E-state index in [1.807, 2.05) is 0 Å². The molecule has 0 aromatic rings. The molecule has 64 heavy (non-hydrogen) atoms. The molecule has 0 fully saturated rings. The van der Waals surface area contributed by atoms with Crippen LogP contribution >= 0.6 is 0 Å². The van der Waals surface area contributed by atoms with E-state index in [0.717, 1.165) is 32.1 Å². The predicted octanol–water partition coefficient (Wildman–Crippen LogP) is 20.0. The van der Waals surface area contributed by atoms with Crippen LogP contribution in [0, 0.1) is 0 Å². The molecule has 5 nitrogen and oxygen atoms in total. The summed E-state index contributed by atoms with van der Waals surface area (Å²) in [4.78, 5) is 25.5. The van der Waals surface area contributed by atoms with E-state index in [-0.39, 0.29) is 18.5 Å². The van der Waals surface area contributed by atoms with Crippen molar-refractivity contribution in [3.8, 4) is 0 Å². The van der Waals surface area contributed by atoms with E-state index in [9.17, 15) is 9.59 Å². The van der Waals surface area contributed by atoms with Crippen LogP contribution in [0.2, 0.25) is 0 Å². The molecule has 0 radical (unpaired) electrons. The predicted molar refractivity (Wildman–Crippen MR) is 280 cm³/mol. The second-order valence-corrected chi connectivity index (χ2v) is 20.3. The SMILES string of the molecule is CCCCCCCCCCCCCCCCCCCCOCC(COC(=O)CCCCCCCCCCCCCCCCCCC)OC(=O)CCCCCCCCCCCCCCC. The Hall–Kier alpha value is -1.10. The lowest BCUT2D eigenvalue weighted by Crippen LogP contribution is -2.30. The van der Waals surface area contributed by atoms with Gasteiger partial charge in [0.05, 0.1) is 6.61 Å². The zero-order valence-corrected chi connectivity index (χ0v) is 44.1. The highest BCUT2D eigenvalue weighted by atomic mass is 16.6. The second kappa shape index (κ2) is 56.2. The molecular weight excluding hydrogens is 789 g/mol. The molecule has 0 N–H and O–H groups in total. The van der Waals surface area contributed by atoms with Gasteiger partial charge in [-0.2, -0.15) is 0 Å². The number of carbonyl (C=O) groups is 2. The fraction of sp³-hybridized carbons (Fsp3) is 0.966. The Labute approximate surface area is 402 Å². The Balaban J connectivity index is 4.15. The van der Waals surface area contributed by atoms with Gasteiger partial charge in [-0.3, -0.25) is 9.59 Å². The Bertz CT molecular complexity index is 891. The van der Waals surface area contributed by atoms with Gasteiger partial charge in [0.15, 0.2) is 6.10 Å². The summed E-state index contributed by atoms with van der Waals surface area (Å²) in [7, 11) is 0. The lowest BCUT2D eigenvalue weighted by atomic mass is 10.0. The van der Waals surface area contributed by atoms with Crippen molar-refractivity contribution in [3.63, 3.8) is 0 Å². The van der Waals surface area contributed by atoms with Crippen molar-refractivity contribution in [2.75, 3.05) is 19.8 Å². The smallest absolute Gasteiger partial charge is 0.306 e. The van der Waals surface area contributed by atoms with E-state index < -0.39 is 6.10 Å². The molecule has 1 atom stereocenters. The number of carbonyl (C=O) groups excluding carboxylic acids is 2. The maximum Gasteiger partial charge on any atom is 0.306 e. The molecule has 0 bridgehead atoms. The Morgan fingerprint density at radius 1 is 0.281 bits per heavy atom. The molecule has 0 aliphatic carbocycles. The number of hydrogen-bond acceptors (Lipinski definition) is 5. The van der Waals surface area contributed by atoms with Crippen LogP contribution < -0.4 is 0 Å². The van der Waals surface area contributed by atoms with Crippen molar-refractivity contribution in [2.24, 2.45) is 0 Å². The number of esters is 2. The fourth-order valence-electron chi connectivity index (χ4n) is 9.22. The molecule has 5 heteroatoms. The van der Waals surface area contributed by atoms with Crippen molar-refractivity contribution in [1.29, 1.82) is 0 Å². The summed E-state index contributed by atoms with van der Waals surface area (Å²) in [6, 6.07) is 0. The van der Waals surface area contributed by atoms with E-state index in [1.165, 1.54) is 276 Å². The van der Waals surface area contributed by atoms with Crippen LogP contribution in [0.15, 0.2) is 0 Å². The molecule has 0 aromatic heterocycles. The number of unbranched alkanes of at least 4 members (excludes halogenated alkanes) is 45. The summed E-state index contributed by atoms with van der Waals surface area (Å²) in [5.41, 5.74) is 0. The third-order valence-corrected chi connectivity index (χ3v) is 13.6. The molecule has 0 spiro atoms. The lowest BCUT2D eigenvalue weighted by Gasteiger charge is -2.18. The highest BCUT2D eigenvalue weighted by molar-refractivity contribution is 5.70. The number of hydrogen-bond donors (Lipinski definition) is 0. The third kappa shape index (κ3) is 53.5. The minimum atomic E-state index is -0.524. The van der Waals surface area contributed by atoms with Crippen molar-refractivity contribution in [3.05, 3.63) is 0 Å². The zero-order valence-electron chi connectivity index (χ0n) is 44.1. The van der Waals surface area contributed by atoms with E-state index in [1.54, 1.807) is 0 Å². The molecule has 0 rings (SSSR count). The molecule has 0 saturated carbocycles. The topological polar surface area (TPSA) is 61.8 Å². The van der Waals surface area contributed by atoms with Gasteiger partial charge in [0.25, 0.3) is 0 Å². The van der Waals surface area contributed by atoms with Crippen LogP contribution in [0.1, 0.15) is 342 Å². The van der Waals surface area contributed by atoms with Gasteiger partial charge in [0, 0.05) is 19.4 Å². The van der Waals surface area contributed by atoms with Crippen LogP contribution in [0.3, 0.4) is 0 Å². The molecule has 0 aromatic carbocycles. The van der Waals surface area contributed by atoms with Crippen LogP contribution in [-0.2, 0) is 23.8 Å². The minimum absolute atomic E-state index is 0.0985. The highest BCUT2D eigenvalue weighted by Crippen LogP contribution is 2.18. The first-order valence-corrected chi connectivity index (χ1v) is 29.6. The monoisotopic (exact) mass is 905 g/mol. The van der Waals surface area contributed by atoms with Crippen LogP contribution in [0.5, 0.6) is 0 Å². The first-order valence-electron chi connectivity index (χ1n) is 29.6. The van der Waals surface area contributed by atoms with Gasteiger partial charge in [-0.15, -0.1) is 0 Å². The number of ether oxygens (including phenoxy) is 3. The van der Waals surface area contributed by atoms with E-state index in [2.05, 4.69) is 20.8 Å². The molecule has 382 valence electrons. The zero-order chi connectivity index (χ0) is 46.3. The van der Waals surface area contributed by atoms with Crippen molar-refractivity contribution in [2.45, 2.75) is 348 Å². The van der Waals surface area contributed by atoms with Crippen LogP contribution in [0.25, 0.3) is 0 Å². The fourth-order valence-corrected chi connectivity index (χ4v) is 9.22. The van der Waals surface area contributed by atoms with Gasteiger partial charge in [-0.25, -0.2) is 0 Å². The molecule has 1 unspecified atom stereocenters. The van der Waals surface area contributed by atoms with E-state index in [0.29, 0.717) is 26.1 Å². The van der Waals surface area contributed by atoms with Gasteiger partial charge in [-0.05, 0) is 19.3 Å². The van der Waals surface area contributed by atoms with Gasteiger partial charge < -0.3 is 14.2 Å². The lowest BCUT2D eigenvalue weighted by molar-refractivity contribution is -0.163.